The molecule has 4 rings (SSSR count). The van der Waals surface area contributed by atoms with Crippen LogP contribution in [0.4, 0.5) is 14.6 Å². The average molecular weight is 568 g/mol. The molecule has 16 heteroatoms. The number of benzene rings is 2. The predicted octanol–water partition coefficient (Wildman–Crippen LogP) is 2.47. The molecule has 0 radical (unpaired) electrons. The summed E-state index contributed by atoms with van der Waals surface area (Å²) in [5.41, 5.74) is 7.22. The van der Waals surface area contributed by atoms with Gasteiger partial charge in [0.2, 0.25) is 0 Å². The lowest BCUT2D eigenvalue weighted by Crippen LogP contribution is -2.37. The van der Waals surface area contributed by atoms with Crippen molar-refractivity contribution in [3.63, 3.8) is 0 Å². The van der Waals surface area contributed by atoms with Crippen LogP contribution >= 0.6 is 7.82 Å². The Kier molecular flexibility index (Phi) is 8.82. The van der Waals surface area contributed by atoms with Gasteiger partial charge in [-0.25, -0.2) is 22.9 Å². The molecule has 3 atom stereocenters. The molecule has 5 N–H and O–H groups in total. The highest BCUT2D eigenvalue weighted by Crippen LogP contribution is 2.50. The molecule has 0 aliphatic carbocycles. The summed E-state index contributed by atoms with van der Waals surface area (Å²) < 4.78 is 62.0. The van der Waals surface area contributed by atoms with Crippen molar-refractivity contribution < 1.29 is 46.8 Å². The van der Waals surface area contributed by atoms with Crippen LogP contribution in [0.15, 0.2) is 59.5 Å². The highest BCUT2D eigenvalue weighted by molar-refractivity contribution is 7.48. The first kappa shape index (κ1) is 28.4. The van der Waals surface area contributed by atoms with Crippen LogP contribution < -0.4 is 16.9 Å². The highest BCUT2D eigenvalue weighted by atomic mass is 31.2. The molecule has 1 aliphatic rings. The standard InChI is InChI=1S/C23H23F2N4O9P/c24-15-5-1-13(2-6-15)11-35-39(34,36-12-14-3-7-16(25)8-4-14)38-28-21-18(30)9-19(37-21)29-10-17(22(31)32)20(26)27-23(29)33/h1-8,10,18-19,21,28,30H,9,11-12H2,(H,31,32)(H2,26,27,33)/t18-,19+,21-/m0/s1. The van der Waals surface area contributed by atoms with E-state index in [1.54, 1.807) is 0 Å². The van der Waals surface area contributed by atoms with Crippen LogP contribution in [0, 0.1) is 11.6 Å². The minimum Gasteiger partial charge on any atom is -0.478 e. The predicted molar refractivity (Wildman–Crippen MR) is 129 cm³/mol. The smallest absolute Gasteiger partial charge is 0.478 e. The number of hydrogen-bond acceptors (Lipinski definition) is 11. The number of aromatic carboxylic acids is 1. The Labute approximate surface area is 219 Å². The summed E-state index contributed by atoms with van der Waals surface area (Å²) in [5.74, 6) is -2.89. The number of phosphoric acid groups is 1. The fraction of sp³-hybridized carbons (Fsp3) is 0.261. The fourth-order valence-electron chi connectivity index (χ4n) is 3.46. The Balaban J connectivity index is 1.45. The van der Waals surface area contributed by atoms with Crippen LogP contribution in [-0.2, 0) is 36.2 Å². The first-order valence-corrected chi connectivity index (χ1v) is 12.8. The molecular weight excluding hydrogens is 545 g/mol. The summed E-state index contributed by atoms with van der Waals surface area (Å²) in [6, 6.07) is 10.3. The van der Waals surface area contributed by atoms with E-state index in [2.05, 4.69) is 10.5 Å². The Bertz CT molecular complexity index is 1370. The number of aromatic nitrogens is 2. The molecule has 2 heterocycles. The number of carboxylic acid groups (broad SMARTS) is 1. The van der Waals surface area contributed by atoms with Crippen LogP contribution in [-0.4, -0.2) is 38.1 Å². The number of hydrogen-bond donors (Lipinski definition) is 4. The van der Waals surface area contributed by atoms with E-state index in [1.807, 2.05) is 0 Å². The van der Waals surface area contributed by atoms with E-state index in [-0.39, 0.29) is 19.6 Å². The topological polar surface area (TPSA) is 184 Å². The van der Waals surface area contributed by atoms with Crippen LogP contribution in [0.2, 0.25) is 0 Å². The number of nitrogens with one attached hydrogen (secondary N) is 1. The zero-order chi connectivity index (χ0) is 28.2. The maximum Gasteiger partial charge on any atom is 0.492 e. The van der Waals surface area contributed by atoms with Crippen molar-refractivity contribution in [2.24, 2.45) is 0 Å². The number of carbonyl (C=O) groups is 1. The summed E-state index contributed by atoms with van der Waals surface area (Å²) >= 11 is 0. The van der Waals surface area contributed by atoms with Crippen LogP contribution in [0.1, 0.15) is 34.1 Å². The third-order valence-electron chi connectivity index (χ3n) is 5.50. The molecule has 0 bridgehead atoms. The second-order valence-corrected chi connectivity index (χ2v) is 9.90. The van der Waals surface area contributed by atoms with Crippen molar-refractivity contribution in [2.75, 3.05) is 5.73 Å². The lowest BCUT2D eigenvalue weighted by atomic mass is 10.2. The van der Waals surface area contributed by atoms with E-state index in [0.717, 1.165) is 10.8 Å². The first-order chi connectivity index (χ1) is 18.5. The number of aliphatic hydroxyl groups is 1. The van der Waals surface area contributed by atoms with Gasteiger partial charge in [-0.15, -0.1) is 0 Å². The fourth-order valence-corrected chi connectivity index (χ4v) is 4.49. The molecule has 0 amide bonds. The number of nitrogens with zero attached hydrogens (tertiary/aromatic N) is 2. The molecule has 39 heavy (non-hydrogen) atoms. The number of phosphoric ester groups is 1. The summed E-state index contributed by atoms with van der Waals surface area (Å²) in [5, 5.41) is 19.7. The van der Waals surface area contributed by atoms with Crippen molar-refractivity contribution in [1.82, 2.24) is 15.0 Å². The molecule has 0 spiro atoms. The molecule has 0 saturated carbocycles. The molecule has 0 unspecified atom stereocenters. The van der Waals surface area contributed by atoms with Gasteiger partial charge in [-0.05, 0) is 35.4 Å². The van der Waals surface area contributed by atoms with Gasteiger partial charge in [0.1, 0.15) is 29.2 Å². The van der Waals surface area contributed by atoms with Crippen molar-refractivity contribution in [2.45, 2.75) is 38.2 Å². The summed E-state index contributed by atoms with van der Waals surface area (Å²) in [7, 11) is -4.45. The zero-order valence-electron chi connectivity index (χ0n) is 20.0. The normalized spacial score (nSPS) is 19.3. The van der Waals surface area contributed by atoms with Crippen LogP contribution in [0.25, 0.3) is 0 Å². The molecule has 1 aromatic heterocycles. The number of ether oxygens (including phenoxy) is 1. The van der Waals surface area contributed by atoms with Gasteiger partial charge in [0.05, 0.1) is 19.3 Å². The second-order valence-electron chi connectivity index (χ2n) is 8.31. The summed E-state index contributed by atoms with van der Waals surface area (Å²) in [6.45, 7) is -0.631. The van der Waals surface area contributed by atoms with Crippen LogP contribution in [0.3, 0.4) is 0 Å². The van der Waals surface area contributed by atoms with E-state index in [1.165, 1.54) is 48.5 Å². The Morgan fingerprint density at radius 3 is 2.15 bits per heavy atom. The van der Waals surface area contributed by atoms with Gasteiger partial charge in [-0.3, -0.25) is 13.6 Å². The number of anilines is 1. The summed E-state index contributed by atoms with van der Waals surface area (Å²) in [4.78, 5) is 27.0. The quantitative estimate of drug-likeness (QED) is 0.196. The largest absolute Gasteiger partial charge is 0.492 e. The Hall–Kier alpha value is -3.56. The molecule has 3 aromatic rings. The number of hydroxylamine groups is 1. The molecular formula is C23H23F2N4O9P. The van der Waals surface area contributed by atoms with Gasteiger partial charge in [0, 0.05) is 12.6 Å². The molecule has 208 valence electrons. The van der Waals surface area contributed by atoms with Crippen molar-refractivity contribution in [3.8, 4) is 0 Å². The Morgan fingerprint density at radius 2 is 1.64 bits per heavy atom. The molecule has 2 aromatic carbocycles. The van der Waals surface area contributed by atoms with Crippen molar-refractivity contribution >= 4 is 19.6 Å². The minimum absolute atomic E-state index is 0.206. The van der Waals surface area contributed by atoms with E-state index in [0.29, 0.717) is 11.1 Å². The first-order valence-electron chi connectivity index (χ1n) is 11.3. The number of nitrogens with two attached hydrogens (primary N) is 1. The monoisotopic (exact) mass is 568 g/mol. The number of carboxylic acids is 1. The minimum atomic E-state index is -4.45. The van der Waals surface area contributed by atoms with E-state index < -0.39 is 61.1 Å². The molecule has 1 aliphatic heterocycles. The maximum absolute atomic E-state index is 13.4. The number of halogens is 2. The van der Waals surface area contributed by atoms with Gasteiger partial charge in [-0.1, -0.05) is 24.3 Å². The third-order valence-corrected chi connectivity index (χ3v) is 6.72. The lowest BCUT2D eigenvalue weighted by Gasteiger charge is -2.22. The van der Waals surface area contributed by atoms with E-state index in [4.69, 9.17) is 24.1 Å². The van der Waals surface area contributed by atoms with Gasteiger partial charge in [0.15, 0.2) is 6.23 Å². The lowest BCUT2D eigenvalue weighted by molar-refractivity contribution is -0.0969. The maximum atomic E-state index is 13.4. The number of rotatable bonds is 11. The zero-order valence-corrected chi connectivity index (χ0v) is 20.9. The Morgan fingerprint density at radius 1 is 1.10 bits per heavy atom. The van der Waals surface area contributed by atoms with Crippen LogP contribution in [0.5, 0.6) is 0 Å². The third kappa shape index (κ3) is 7.30. The van der Waals surface area contributed by atoms with E-state index >= 15 is 0 Å². The molecule has 1 saturated heterocycles. The van der Waals surface area contributed by atoms with Crippen molar-refractivity contribution in [3.05, 3.63) is 93.5 Å². The highest BCUT2D eigenvalue weighted by Gasteiger charge is 2.39. The number of aliphatic hydroxyl groups excluding tert-OH is 1. The SMILES string of the molecule is Nc1nc(=O)n([C@H]2C[C@H](O)[C@@H](NOP(=O)(OCc3ccc(F)cc3)OCc3ccc(F)cc3)O2)cc1C(=O)O. The number of nitrogen functional groups attached to an aromatic ring is 1. The van der Waals surface area contributed by atoms with Gasteiger partial charge in [-0.2, -0.15) is 15.1 Å². The molecule has 1 fully saturated rings. The van der Waals surface area contributed by atoms with Gasteiger partial charge in [0.25, 0.3) is 0 Å². The van der Waals surface area contributed by atoms with Crippen molar-refractivity contribution in [1.29, 1.82) is 0 Å². The average Bonchev–Trinajstić information content (AvgIpc) is 3.27. The molecule has 13 nitrogen and oxygen atoms in total. The second kappa shape index (κ2) is 12.1. The van der Waals surface area contributed by atoms with E-state index in [9.17, 15) is 33.1 Å². The van der Waals surface area contributed by atoms with Gasteiger partial charge >= 0.3 is 19.5 Å². The van der Waals surface area contributed by atoms with Gasteiger partial charge < -0.3 is 20.7 Å². The summed E-state index contributed by atoms with van der Waals surface area (Å²) in [6.07, 6.45) is -3.15.